The molecule has 0 unspecified atom stereocenters. The highest BCUT2D eigenvalue weighted by molar-refractivity contribution is 7.07. The predicted octanol–water partition coefficient (Wildman–Crippen LogP) is 7.52. The van der Waals surface area contributed by atoms with Crippen LogP contribution >= 0.6 is 11.3 Å². The fourth-order valence-corrected chi connectivity index (χ4v) is 7.53. The standard InChI is InChI=1S/C42H38FN7O3S/c1-25-2-12-38(45-17-25)35-21-49(19-27-3-4-27)22-36(40(35)52)42(53)48-30-9-11-33(37(43)16-30)34-15-29(18-46-41(34)44)28-7-5-26(6-8-28)14-32-10-13-39(51)50(32)20-31-23-54-24-47-31/h2,5-9,11-12,15-18,21-24,27,32H,3-4,10,13-14,19-20H2,1H3,(H2,44,46)(H,48,53)/t32-/m0/s1. The van der Waals surface area contributed by atoms with Gasteiger partial charge in [0.05, 0.1) is 29.0 Å². The second-order valence-corrected chi connectivity index (χ2v) is 14.9. The lowest BCUT2D eigenvalue weighted by molar-refractivity contribution is -0.129. The van der Waals surface area contributed by atoms with Crippen LogP contribution in [0.1, 0.15) is 52.9 Å². The monoisotopic (exact) mass is 739 g/mol. The van der Waals surface area contributed by atoms with E-state index in [4.69, 9.17) is 5.73 Å². The zero-order valence-corrected chi connectivity index (χ0v) is 30.5. The van der Waals surface area contributed by atoms with Crippen molar-refractivity contribution < 1.29 is 14.0 Å². The summed E-state index contributed by atoms with van der Waals surface area (Å²) in [6.45, 7) is 3.13. The summed E-state index contributed by atoms with van der Waals surface area (Å²) in [6.07, 6.45) is 11.0. The highest BCUT2D eigenvalue weighted by atomic mass is 32.1. The van der Waals surface area contributed by atoms with Crippen molar-refractivity contribution in [1.82, 2.24) is 24.4 Å². The topological polar surface area (TPSA) is 136 Å². The summed E-state index contributed by atoms with van der Waals surface area (Å²) in [5, 5.41) is 4.69. The fourth-order valence-electron chi connectivity index (χ4n) is 6.98. The normalized spacial score (nSPS) is 15.5. The minimum absolute atomic E-state index is 0.0446. The van der Waals surface area contributed by atoms with Crippen LogP contribution in [0.25, 0.3) is 33.5 Å². The maximum Gasteiger partial charge on any atom is 0.261 e. The number of nitrogens with one attached hydrogen (secondary N) is 1. The van der Waals surface area contributed by atoms with E-state index in [1.807, 2.05) is 52.1 Å². The van der Waals surface area contributed by atoms with Crippen LogP contribution in [0, 0.1) is 18.7 Å². The van der Waals surface area contributed by atoms with E-state index in [9.17, 15) is 14.4 Å². The van der Waals surface area contributed by atoms with E-state index in [0.717, 1.165) is 53.6 Å². The SMILES string of the molecule is Cc1ccc(-c2cn(CC3CC3)cc(C(=O)Nc3ccc(-c4cc(-c5ccc(C[C@@H]6CCC(=O)N6Cc6cscn6)cc5)cnc4N)c(F)c3)c2=O)nc1. The zero-order valence-electron chi connectivity index (χ0n) is 29.7. The molecule has 2 aliphatic rings. The molecule has 272 valence electrons. The number of hydrogen-bond donors (Lipinski definition) is 2. The van der Waals surface area contributed by atoms with Crippen molar-refractivity contribution in [3.63, 3.8) is 0 Å². The number of nitrogens with two attached hydrogens (primary N) is 1. The van der Waals surface area contributed by atoms with Crippen molar-refractivity contribution in [3.8, 4) is 33.5 Å². The van der Waals surface area contributed by atoms with Gasteiger partial charge in [0.2, 0.25) is 11.3 Å². The van der Waals surface area contributed by atoms with Gasteiger partial charge < -0.3 is 20.5 Å². The van der Waals surface area contributed by atoms with Gasteiger partial charge in [-0.25, -0.2) is 14.4 Å². The number of anilines is 2. The molecule has 6 aromatic rings. The number of rotatable bonds is 11. The van der Waals surface area contributed by atoms with Gasteiger partial charge in [0.25, 0.3) is 5.91 Å². The molecule has 0 bridgehead atoms. The number of carbonyl (C=O) groups is 2. The Morgan fingerprint density at radius 3 is 2.48 bits per heavy atom. The Labute approximate surface area is 315 Å². The van der Waals surface area contributed by atoms with Crippen LogP contribution in [0.2, 0.25) is 0 Å². The number of aryl methyl sites for hydroxylation is 1. The van der Waals surface area contributed by atoms with Crippen LogP contribution in [0.5, 0.6) is 0 Å². The molecule has 2 fully saturated rings. The van der Waals surface area contributed by atoms with Crippen LogP contribution in [0.3, 0.4) is 0 Å². The first-order chi connectivity index (χ1) is 26.2. The Bertz CT molecular complexity index is 2410. The summed E-state index contributed by atoms with van der Waals surface area (Å²) < 4.78 is 17.7. The summed E-state index contributed by atoms with van der Waals surface area (Å²) >= 11 is 1.53. The van der Waals surface area contributed by atoms with E-state index in [1.165, 1.54) is 17.4 Å². The number of aromatic nitrogens is 4. The zero-order chi connectivity index (χ0) is 37.3. The molecule has 8 rings (SSSR count). The number of thiazole rings is 1. The minimum atomic E-state index is -0.635. The Kier molecular flexibility index (Phi) is 9.59. The lowest BCUT2D eigenvalue weighted by Gasteiger charge is -2.24. The largest absolute Gasteiger partial charge is 0.383 e. The van der Waals surface area contributed by atoms with Gasteiger partial charge in [0.15, 0.2) is 0 Å². The van der Waals surface area contributed by atoms with Gasteiger partial charge >= 0.3 is 0 Å². The van der Waals surface area contributed by atoms with Gasteiger partial charge in [0, 0.05) is 71.6 Å². The molecule has 1 saturated carbocycles. The molecule has 1 aliphatic carbocycles. The Morgan fingerprint density at radius 2 is 1.76 bits per heavy atom. The number of nitrogen functional groups attached to an aromatic ring is 1. The summed E-state index contributed by atoms with van der Waals surface area (Å²) in [5.41, 5.74) is 13.8. The number of halogens is 1. The maximum atomic E-state index is 15.8. The van der Waals surface area contributed by atoms with E-state index >= 15 is 4.39 Å². The molecule has 5 heterocycles. The molecule has 0 radical (unpaired) electrons. The predicted molar refractivity (Wildman–Crippen MR) is 208 cm³/mol. The molecule has 3 N–H and O–H groups in total. The quantitative estimate of drug-likeness (QED) is 0.140. The van der Waals surface area contributed by atoms with Crippen molar-refractivity contribution in [2.24, 2.45) is 5.92 Å². The van der Waals surface area contributed by atoms with Crippen LogP contribution < -0.4 is 16.5 Å². The van der Waals surface area contributed by atoms with Gasteiger partial charge in [0.1, 0.15) is 17.2 Å². The van der Waals surface area contributed by atoms with Crippen molar-refractivity contribution in [1.29, 1.82) is 0 Å². The number of nitrogens with zero attached hydrogens (tertiary/aromatic N) is 5. The Morgan fingerprint density at radius 1 is 0.926 bits per heavy atom. The molecule has 0 spiro atoms. The number of carbonyl (C=O) groups excluding carboxylic acids is 2. The van der Waals surface area contributed by atoms with Crippen molar-refractivity contribution in [2.75, 3.05) is 11.1 Å². The van der Waals surface area contributed by atoms with Crippen LogP contribution in [-0.2, 0) is 24.3 Å². The third-order valence-corrected chi connectivity index (χ3v) is 10.8. The Hall–Kier alpha value is -6.01. The number of likely N-dealkylation sites (tertiary alicyclic amines) is 1. The number of hydrogen-bond acceptors (Lipinski definition) is 8. The van der Waals surface area contributed by atoms with Crippen LogP contribution in [-0.4, -0.2) is 42.3 Å². The Balaban J connectivity index is 0.991. The first-order valence-corrected chi connectivity index (χ1v) is 18.9. The molecule has 1 atom stereocenters. The number of benzene rings is 2. The van der Waals surface area contributed by atoms with Gasteiger partial charge in [-0.05, 0) is 85.5 Å². The average Bonchev–Trinajstić information content (AvgIpc) is 3.71. The van der Waals surface area contributed by atoms with Gasteiger partial charge in [-0.2, -0.15) is 0 Å². The second kappa shape index (κ2) is 14.8. The molecule has 12 heteroatoms. The van der Waals surface area contributed by atoms with Gasteiger partial charge in [-0.15, -0.1) is 11.3 Å². The molecular formula is C42H38FN7O3S. The van der Waals surface area contributed by atoms with Crippen LogP contribution in [0.4, 0.5) is 15.9 Å². The summed E-state index contributed by atoms with van der Waals surface area (Å²) in [5.74, 6) is -0.419. The van der Waals surface area contributed by atoms with Crippen LogP contribution in [0.15, 0.2) is 101 Å². The molecular weight excluding hydrogens is 702 g/mol. The lowest BCUT2D eigenvalue weighted by Crippen LogP contribution is -2.34. The molecule has 1 aliphatic heterocycles. The van der Waals surface area contributed by atoms with E-state index in [-0.39, 0.29) is 34.6 Å². The van der Waals surface area contributed by atoms with E-state index < -0.39 is 17.2 Å². The molecule has 2 aromatic carbocycles. The van der Waals surface area contributed by atoms with Crippen molar-refractivity contribution in [2.45, 2.75) is 58.2 Å². The minimum Gasteiger partial charge on any atom is -0.383 e. The van der Waals surface area contributed by atoms with Crippen molar-refractivity contribution >= 4 is 34.7 Å². The second-order valence-electron chi connectivity index (χ2n) is 14.2. The third kappa shape index (κ3) is 7.56. The first kappa shape index (κ1) is 35.0. The molecule has 54 heavy (non-hydrogen) atoms. The number of amides is 2. The summed E-state index contributed by atoms with van der Waals surface area (Å²) in [4.78, 5) is 54.8. The first-order valence-electron chi connectivity index (χ1n) is 18.0. The third-order valence-electron chi connectivity index (χ3n) is 10.1. The smallest absolute Gasteiger partial charge is 0.261 e. The van der Waals surface area contributed by atoms with E-state index in [0.29, 0.717) is 42.2 Å². The molecule has 10 nitrogen and oxygen atoms in total. The number of pyridine rings is 3. The fraction of sp³-hybridized carbons (Fsp3) is 0.238. The molecule has 2 amide bonds. The van der Waals surface area contributed by atoms with Gasteiger partial charge in [-0.1, -0.05) is 30.3 Å². The van der Waals surface area contributed by atoms with E-state index in [2.05, 4.69) is 20.3 Å². The molecule has 4 aromatic heterocycles. The maximum absolute atomic E-state index is 15.8. The van der Waals surface area contributed by atoms with Gasteiger partial charge in [-0.3, -0.25) is 19.4 Å². The average molecular weight is 740 g/mol. The summed E-state index contributed by atoms with van der Waals surface area (Å²) in [6, 6.07) is 18.0. The van der Waals surface area contributed by atoms with Crippen molar-refractivity contribution in [3.05, 3.63) is 135 Å². The lowest BCUT2D eigenvalue weighted by atomic mass is 9.98. The highest BCUT2D eigenvalue weighted by Crippen LogP contribution is 2.34. The summed E-state index contributed by atoms with van der Waals surface area (Å²) in [7, 11) is 0. The van der Waals surface area contributed by atoms with E-state index in [1.54, 1.807) is 54.6 Å². The molecule has 1 saturated heterocycles. The highest BCUT2D eigenvalue weighted by Gasteiger charge is 2.31.